The fraction of sp³-hybridized carbons (Fsp3) is 0.190. The van der Waals surface area contributed by atoms with Gasteiger partial charge in [0.1, 0.15) is 5.75 Å². The Balaban J connectivity index is 1.49. The molecule has 0 bridgehead atoms. The number of anilines is 1. The van der Waals surface area contributed by atoms with E-state index in [1.807, 2.05) is 36.6 Å². The SMILES string of the molecule is COc1cccc(CC(=O)OCC(=O)Nc2nc(-c3ccc(C)cc3)cs2)c1. The van der Waals surface area contributed by atoms with Gasteiger partial charge in [0.25, 0.3) is 5.91 Å². The third kappa shape index (κ3) is 5.40. The summed E-state index contributed by atoms with van der Waals surface area (Å²) >= 11 is 1.32. The second-order valence-electron chi connectivity index (χ2n) is 6.14. The molecule has 0 saturated carbocycles. The fourth-order valence-corrected chi connectivity index (χ4v) is 3.23. The first kappa shape index (κ1) is 19.6. The van der Waals surface area contributed by atoms with Crippen LogP contribution in [-0.2, 0) is 20.7 Å². The summed E-state index contributed by atoms with van der Waals surface area (Å²) in [5, 5.41) is 4.98. The minimum absolute atomic E-state index is 0.0688. The van der Waals surface area contributed by atoms with E-state index in [1.54, 1.807) is 31.4 Å². The largest absolute Gasteiger partial charge is 0.497 e. The van der Waals surface area contributed by atoms with E-state index < -0.39 is 11.9 Å². The molecule has 1 amide bonds. The molecule has 3 rings (SSSR count). The van der Waals surface area contributed by atoms with Crippen molar-refractivity contribution >= 4 is 28.3 Å². The molecule has 7 heteroatoms. The topological polar surface area (TPSA) is 77.5 Å². The van der Waals surface area contributed by atoms with E-state index in [1.165, 1.54) is 16.9 Å². The van der Waals surface area contributed by atoms with Gasteiger partial charge in [-0.3, -0.25) is 14.9 Å². The Morgan fingerprint density at radius 2 is 1.93 bits per heavy atom. The van der Waals surface area contributed by atoms with Crippen LogP contribution in [0.25, 0.3) is 11.3 Å². The lowest BCUT2D eigenvalue weighted by molar-refractivity contribution is -0.146. The molecule has 0 aliphatic carbocycles. The van der Waals surface area contributed by atoms with Crippen molar-refractivity contribution in [1.29, 1.82) is 0 Å². The van der Waals surface area contributed by atoms with Crippen LogP contribution >= 0.6 is 11.3 Å². The number of nitrogens with zero attached hydrogens (tertiary/aromatic N) is 1. The van der Waals surface area contributed by atoms with Crippen LogP contribution < -0.4 is 10.1 Å². The normalized spacial score (nSPS) is 10.4. The van der Waals surface area contributed by atoms with E-state index in [0.29, 0.717) is 10.9 Å². The highest BCUT2D eigenvalue weighted by molar-refractivity contribution is 7.14. The van der Waals surface area contributed by atoms with Crippen molar-refractivity contribution in [1.82, 2.24) is 4.98 Å². The second-order valence-corrected chi connectivity index (χ2v) is 7.00. The number of hydrogen-bond acceptors (Lipinski definition) is 6. The first-order chi connectivity index (χ1) is 13.5. The van der Waals surface area contributed by atoms with Gasteiger partial charge in [-0.15, -0.1) is 11.3 Å². The predicted molar refractivity (Wildman–Crippen MR) is 109 cm³/mol. The van der Waals surface area contributed by atoms with Gasteiger partial charge in [0, 0.05) is 10.9 Å². The molecule has 0 unspecified atom stereocenters. The van der Waals surface area contributed by atoms with E-state index in [2.05, 4.69) is 10.3 Å². The molecule has 0 aliphatic rings. The maximum absolute atomic E-state index is 12.0. The fourth-order valence-electron chi connectivity index (χ4n) is 2.49. The Hall–Kier alpha value is -3.19. The zero-order chi connectivity index (χ0) is 19.9. The van der Waals surface area contributed by atoms with Gasteiger partial charge in [-0.25, -0.2) is 4.98 Å². The molecule has 1 aromatic heterocycles. The van der Waals surface area contributed by atoms with E-state index >= 15 is 0 Å². The highest BCUT2D eigenvalue weighted by Gasteiger charge is 2.12. The number of benzene rings is 2. The lowest BCUT2D eigenvalue weighted by atomic mass is 10.1. The van der Waals surface area contributed by atoms with Crippen molar-refractivity contribution in [3.63, 3.8) is 0 Å². The predicted octanol–water partition coefficient (Wildman–Crippen LogP) is 3.85. The molecule has 0 spiro atoms. The average molecular weight is 396 g/mol. The number of methoxy groups -OCH3 is 1. The van der Waals surface area contributed by atoms with Crippen molar-refractivity contribution in [3.05, 3.63) is 65.0 Å². The van der Waals surface area contributed by atoms with Crippen LogP contribution in [0.4, 0.5) is 5.13 Å². The molecule has 28 heavy (non-hydrogen) atoms. The average Bonchev–Trinajstić information content (AvgIpc) is 3.15. The number of hydrogen-bond donors (Lipinski definition) is 1. The summed E-state index contributed by atoms with van der Waals surface area (Å²) in [5.74, 6) is -0.247. The van der Waals surface area contributed by atoms with Crippen LogP contribution in [0.3, 0.4) is 0 Å². The van der Waals surface area contributed by atoms with Gasteiger partial charge in [0.05, 0.1) is 19.2 Å². The first-order valence-corrected chi connectivity index (χ1v) is 9.52. The Bertz CT molecular complexity index is 967. The van der Waals surface area contributed by atoms with Gasteiger partial charge in [-0.2, -0.15) is 0 Å². The highest BCUT2D eigenvalue weighted by atomic mass is 32.1. The van der Waals surface area contributed by atoms with E-state index in [9.17, 15) is 9.59 Å². The van der Waals surface area contributed by atoms with Crippen molar-refractivity contribution < 1.29 is 19.1 Å². The number of ether oxygens (including phenoxy) is 2. The van der Waals surface area contributed by atoms with Gasteiger partial charge < -0.3 is 9.47 Å². The Morgan fingerprint density at radius 1 is 1.14 bits per heavy atom. The molecule has 1 N–H and O–H groups in total. The van der Waals surface area contributed by atoms with Crippen molar-refractivity contribution in [2.45, 2.75) is 13.3 Å². The summed E-state index contributed by atoms with van der Waals surface area (Å²) in [7, 11) is 1.56. The zero-order valence-corrected chi connectivity index (χ0v) is 16.4. The van der Waals surface area contributed by atoms with Crippen molar-refractivity contribution in [2.24, 2.45) is 0 Å². The Morgan fingerprint density at radius 3 is 2.68 bits per heavy atom. The number of carbonyl (C=O) groups excluding carboxylic acids is 2. The summed E-state index contributed by atoms with van der Waals surface area (Å²) in [6.45, 7) is 1.66. The maximum Gasteiger partial charge on any atom is 0.310 e. The minimum atomic E-state index is -0.483. The highest BCUT2D eigenvalue weighted by Crippen LogP contribution is 2.25. The van der Waals surface area contributed by atoms with Crippen molar-refractivity contribution in [3.8, 4) is 17.0 Å². The van der Waals surface area contributed by atoms with Gasteiger partial charge in [-0.05, 0) is 24.6 Å². The summed E-state index contributed by atoms with van der Waals surface area (Å²) in [5.41, 5.74) is 3.69. The van der Waals surface area contributed by atoms with E-state index in [0.717, 1.165) is 16.8 Å². The number of aryl methyl sites for hydroxylation is 1. The number of aromatic nitrogens is 1. The molecule has 6 nitrogen and oxygen atoms in total. The monoisotopic (exact) mass is 396 g/mol. The standard InChI is InChI=1S/C21H20N2O4S/c1-14-6-8-16(9-7-14)18-13-28-21(22-18)23-19(24)12-27-20(25)11-15-4-3-5-17(10-15)26-2/h3-10,13H,11-12H2,1-2H3,(H,22,23,24). The lowest BCUT2D eigenvalue weighted by Gasteiger charge is -2.06. The van der Waals surface area contributed by atoms with Gasteiger partial charge >= 0.3 is 5.97 Å². The number of rotatable bonds is 7. The van der Waals surface area contributed by atoms with Crippen LogP contribution in [-0.4, -0.2) is 30.6 Å². The number of esters is 1. The molecule has 144 valence electrons. The molecule has 2 aromatic carbocycles. The summed E-state index contributed by atoms with van der Waals surface area (Å²) in [4.78, 5) is 28.3. The summed E-state index contributed by atoms with van der Waals surface area (Å²) in [6, 6.07) is 15.1. The maximum atomic E-state index is 12.0. The quantitative estimate of drug-likeness (QED) is 0.614. The number of carbonyl (C=O) groups is 2. The number of thiazole rings is 1. The van der Waals surface area contributed by atoms with Crippen LogP contribution in [0, 0.1) is 6.92 Å². The molecular weight excluding hydrogens is 376 g/mol. The molecule has 0 fully saturated rings. The van der Waals surface area contributed by atoms with Crippen LogP contribution in [0.1, 0.15) is 11.1 Å². The molecule has 3 aromatic rings. The van der Waals surface area contributed by atoms with E-state index in [-0.39, 0.29) is 13.0 Å². The van der Waals surface area contributed by atoms with Gasteiger partial charge in [0.2, 0.25) is 0 Å². The van der Waals surface area contributed by atoms with Gasteiger partial charge in [-0.1, -0.05) is 42.0 Å². The van der Waals surface area contributed by atoms with Crippen LogP contribution in [0.2, 0.25) is 0 Å². The summed E-state index contributed by atoms with van der Waals surface area (Å²) in [6.07, 6.45) is 0.0688. The second kappa shape index (κ2) is 9.14. The van der Waals surface area contributed by atoms with Gasteiger partial charge in [0.15, 0.2) is 11.7 Å². The molecule has 0 aliphatic heterocycles. The third-order valence-electron chi connectivity index (χ3n) is 3.94. The Kier molecular flexibility index (Phi) is 6.39. The molecule has 1 heterocycles. The minimum Gasteiger partial charge on any atom is -0.497 e. The molecule has 0 atom stereocenters. The van der Waals surface area contributed by atoms with Crippen LogP contribution in [0.15, 0.2) is 53.9 Å². The third-order valence-corrected chi connectivity index (χ3v) is 4.70. The Labute approximate surface area is 167 Å². The first-order valence-electron chi connectivity index (χ1n) is 8.64. The zero-order valence-electron chi connectivity index (χ0n) is 15.6. The number of nitrogens with one attached hydrogen (secondary N) is 1. The van der Waals surface area contributed by atoms with E-state index in [4.69, 9.17) is 9.47 Å². The molecular formula is C21H20N2O4S. The molecule has 0 saturated heterocycles. The number of amides is 1. The van der Waals surface area contributed by atoms with Crippen LogP contribution in [0.5, 0.6) is 5.75 Å². The smallest absolute Gasteiger partial charge is 0.310 e. The lowest BCUT2D eigenvalue weighted by Crippen LogP contribution is -2.21. The summed E-state index contributed by atoms with van der Waals surface area (Å²) < 4.78 is 10.2. The van der Waals surface area contributed by atoms with Crippen molar-refractivity contribution in [2.75, 3.05) is 19.0 Å². The molecule has 0 radical (unpaired) electrons.